The lowest BCUT2D eigenvalue weighted by Crippen LogP contribution is -2.22. The largest absolute Gasteiger partial charge is 0.489 e. The summed E-state index contributed by atoms with van der Waals surface area (Å²) < 4.78 is 5.87. The molecule has 1 N–H and O–H groups in total. The van der Waals surface area contributed by atoms with E-state index >= 15 is 0 Å². The molecule has 0 spiro atoms. The lowest BCUT2D eigenvalue weighted by Gasteiger charge is -2.31. The van der Waals surface area contributed by atoms with Crippen molar-refractivity contribution in [3.8, 4) is 5.75 Å². The molecule has 0 aliphatic rings. The summed E-state index contributed by atoms with van der Waals surface area (Å²) in [6, 6.07) is 17.9. The third kappa shape index (κ3) is 5.11. The van der Waals surface area contributed by atoms with Gasteiger partial charge in [-0.05, 0) is 35.1 Å². The van der Waals surface area contributed by atoms with E-state index in [9.17, 15) is 5.11 Å². The second kappa shape index (κ2) is 8.16. The highest BCUT2D eigenvalue weighted by Crippen LogP contribution is 2.38. The normalized spacial score (nSPS) is 12.9. The highest BCUT2D eigenvalue weighted by molar-refractivity contribution is 5.31. The van der Waals surface area contributed by atoms with Crippen molar-refractivity contribution >= 4 is 0 Å². The first kappa shape index (κ1) is 17.6. The molecule has 2 heteroatoms. The van der Waals surface area contributed by atoms with Crippen LogP contribution < -0.4 is 4.74 Å². The summed E-state index contributed by atoms with van der Waals surface area (Å²) >= 11 is 0. The van der Waals surface area contributed by atoms with Crippen LogP contribution in [0.4, 0.5) is 0 Å². The summed E-state index contributed by atoms with van der Waals surface area (Å²) in [5, 5.41) is 10.7. The summed E-state index contributed by atoms with van der Waals surface area (Å²) in [6.07, 6.45) is 2.82. The van der Waals surface area contributed by atoms with Gasteiger partial charge in [0.15, 0.2) is 0 Å². The SMILES string of the molecule is CCCCC(C)(C)C(O)c1cccc(OCc2ccccc2)c1. The Labute approximate surface area is 140 Å². The molecule has 0 heterocycles. The predicted octanol–water partition coefficient (Wildman–Crippen LogP) is 5.52. The Morgan fingerprint density at radius 1 is 1.04 bits per heavy atom. The molecule has 124 valence electrons. The standard InChI is InChI=1S/C21H28O2/c1-4-5-14-21(2,3)20(22)18-12-9-13-19(15-18)23-16-17-10-7-6-8-11-17/h6-13,15,20,22H,4-5,14,16H2,1-3H3. The topological polar surface area (TPSA) is 29.5 Å². The monoisotopic (exact) mass is 312 g/mol. The van der Waals surface area contributed by atoms with Crippen LogP contribution in [-0.4, -0.2) is 5.11 Å². The molecule has 2 nitrogen and oxygen atoms in total. The number of benzene rings is 2. The third-order valence-corrected chi connectivity index (χ3v) is 4.34. The van der Waals surface area contributed by atoms with E-state index < -0.39 is 6.10 Å². The van der Waals surface area contributed by atoms with Gasteiger partial charge >= 0.3 is 0 Å². The maximum atomic E-state index is 10.7. The fourth-order valence-electron chi connectivity index (χ4n) is 2.74. The molecule has 0 aromatic heterocycles. The van der Waals surface area contributed by atoms with Crippen molar-refractivity contribution in [3.05, 3.63) is 65.7 Å². The van der Waals surface area contributed by atoms with Gasteiger partial charge in [-0.15, -0.1) is 0 Å². The third-order valence-electron chi connectivity index (χ3n) is 4.34. The number of hydrogen-bond acceptors (Lipinski definition) is 2. The van der Waals surface area contributed by atoms with Gasteiger partial charge in [-0.25, -0.2) is 0 Å². The van der Waals surface area contributed by atoms with Gasteiger partial charge in [0.25, 0.3) is 0 Å². The number of rotatable bonds is 8. The number of aliphatic hydroxyl groups excluding tert-OH is 1. The Morgan fingerprint density at radius 2 is 1.78 bits per heavy atom. The number of aliphatic hydroxyl groups is 1. The van der Waals surface area contributed by atoms with E-state index in [1.54, 1.807) is 0 Å². The number of hydrogen-bond donors (Lipinski definition) is 1. The highest BCUT2D eigenvalue weighted by atomic mass is 16.5. The van der Waals surface area contributed by atoms with E-state index in [-0.39, 0.29) is 5.41 Å². The first-order chi connectivity index (χ1) is 11.0. The molecule has 0 saturated carbocycles. The molecule has 0 radical (unpaired) electrons. The molecule has 23 heavy (non-hydrogen) atoms. The smallest absolute Gasteiger partial charge is 0.120 e. The summed E-state index contributed by atoms with van der Waals surface area (Å²) in [5.41, 5.74) is 1.94. The Balaban J connectivity index is 2.04. The summed E-state index contributed by atoms with van der Waals surface area (Å²) in [7, 11) is 0. The van der Waals surface area contributed by atoms with Gasteiger partial charge in [0.05, 0.1) is 6.10 Å². The Hall–Kier alpha value is -1.80. The fraction of sp³-hybridized carbons (Fsp3) is 0.429. The van der Waals surface area contributed by atoms with Crippen LogP contribution in [0.25, 0.3) is 0 Å². The Kier molecular flexibility index (Phi) is 6.23. The summed E-state index contributed by atoms with van der Waals surface area (Å²) in [4.78, 5) is 0. The molecule has 1 atom stereocenters. The molecule has 0 bridgehead atoms. The lowest BCUT2D eigenvalue weighted by atomic mass is 9.78. The van der Waals surface area contributed by atoms with Crippen molar-refractivity contribution < 1.29 is 9.84 Å². The average Bonchev–Trinajstić information content (AvgIpc) is 2.58. The van der Waals surface area contributed by atoms with Crippen molar-refractivity contribution in [3.63, 3.8) is 0 Å². The predicted molar refractivity (Wildman–Crippen MR) is 95.5 cm³/mol. The van der Waals surface area contributed by atoms with Crippen LogP contribution in [0.15, 0.2) is 54.6 Å². The van der Waals surface area contributed by atoms with Crippen molar-refractivity contribution in [1.29, 1.82) is 0 Å². The van der Waals surface area contributed by atoms with E-state index in [1.165, 1.54) is 0 Å². The van der Waals surface area contributed by atoms with Gasteiger partial charge < -0.3 is 9.84 Å². The van der Waals surface area contributed by atoms with Gasteiger partial charge in [-0.1, -0.05) is 76.1 Å². The maximum absolute atomic E-state index is 10.7. The molecule has 2 rings (SSSR count). The van der Waals surface area contributed by atoms with E-state index in [0.717, 1.165) is 36.1 Å². The zero-order chi connectivity index (χ0) is 16.7. The molecule has 2 aromatic carbocycles. The molecular weight excluding hydrogens is 284 g/mol. The number of unbranched alkanes of at least 4 members (excludes halogenated alkanes) is 1. The molecule has 2 aromatic rings. The maximum Gasteiger partial charge on any atom is 0.120 e. The molecule has 0 amide bonds. The highest BCUT2D eigenvalue weighted by Gasteiger charge is 2.28. The molecule has 0 saturated heterocycles. The zero-order valence-corrected chi connectivity index (χ0v) is 14.5. The van der Waals surface area contributed by atoms with E-state index in [0.29, 0.717) is 6.61 Å². The summed E-state index contributed by atoms with van der Waals surface area (Å²) in [5.74, 6) is 0.802. The van der Waals surface area contributed by atoms with Crippen LogP contribution in [0.1, 0.15) is 57.3 Å². The van der Waals surface area contributed by atoms with Crippen molar-refractivity contribution in [2.75, 3.05) is 0 Å². The van der Waals surface area contributed by atoms with Crippen LogP contribution >= 0.6 is 0 Å². The van der Waals surface area contributed by atoms with Gasteiger partial charge in [-0.2, -0.15) is 0 Å². The second-order valence-electron chi connectivity index (χ2n) is 6.84. The number of ether oxygens (including phenoxy) is 1. The van der Waals surface area contributed by atoms with Crippen LogP contribution in [0, 0.1) is 5.41 Å². The van der Waals surface area contributed by atoms with E-state index in [1.807, 2.05) is 54.6 Å². The summed E-state index contributed by atoms with van der Waals surface area (Å²) in [6.45, 7) is 6.98. The molecule has 0 fully saturated rings. The van der Waals surface area contributed by atoms with Gasteiger partial charge in [0.1, 0.15) is 12.4 Å². The minimum atomic E-state index is -0.477. The molecule has 0 aliphatic heterocycles. The zero-order valence-electron chi connectivity index (χ0n) is 14.5. The lowest BCUT2D eigenvalue weighted by molar-refractivity contribution is 0.0412. The van der Waals surface area contributed by atoms with Crippen molar-refractivity contribution in [2.45, 2.75) is 52.7 Å². The van der Waals surface area contributed by atoms with Gasteiger partial charge in [0, 0.05) is 0 Å². The fourth-order valence-corrected chi connectivity index (χ4v) is 2.74. The first-order valence-electron chi connectivity index (χ1n) is 8.47. The minimum absolute atomic E-state index is 0.131. The van der Waals surface area contributed by atoms with Crippen LogP contribution in [-0.2, 0) is 6.61 Å². The van der Waals surface area contributed by atoms with Crippen LogP contribution in [0.5, 0.6) is 5.75 Å². The Morgan fingerprint density at radius 3 is 2.48 bits per heavy atom. The Bertz CT molecular complexity index is 590. The average molecular weight is 312 g/mol. The molecule has 0 aliphatic carbocycles. The van der Waals surface area contributed by atoms with E-state index in [4.69, 9.17) is 4.74 Å². The first-order valence-corrected chi connectivity index (χ1v) is 8.47. The van der Waals surface area contributed by atoms with E-state index in [2.05, 4.69) is 20.8 Å². The molecular formula is C21H28O2. The minimum Gasteiger partial charge on any atom is -0.489 e. The van der Waals surface area contributed by atoms with Gasteiger partial charge in [-0.3, -0.25) is 0 Å². The molecule has 1 unspecified atom stereocenters. The van der Waals surface area contributed by atoms with Crippen molar-refractivity contribution in [1.82, 2.24) is 0 Å². The van der Waals surface area contributed by atoms with Crippen molar-refractivity contribution in [2.24, 2.45) is 5.41 Å². The second-order valence-corrected chi connectivity index (χ2v) is 6.84. The quantitative estimate of drug-likeness (QED) is 0.696. The van der Waals surface area contributed by atoms with Gasteiger partial charge in [0.2, 0.25) is 0 Å². The van der Waals surface area contributed by atoms with Crippen LogP contribution in [0.2, 0.25) is 0 Å². The van der Waals surface area contributed by atoms with Crippen LogP contribution in [0.3, 0.4) is 0 Å².